The molecule has 0 rings (SSSR count). The molecule has 10 heteroatoms. The van der Waals surface area contributed by atoms with Crippen LogP contribution in [-0.4, -0.2) is 66.3 Å². The molecule has 56 heavy (non-hydrogen) atoms. The number of rotatable bonds is 46. The molecule has 0 saturated carbocycles. The first-order valence-corrected chi connectivity index (χ1v) is 25.2. The quantitative estimate of drug-likeness (QED) is 0.0238. The lowest BCUT2D eigenvalue weighted by Crippen LogP contribution is -2.29. The molecule has 0 saturated heterocycles. The Hall–Kier alpha value is -0.800. The number of hydrogen-bond donors (Lipinski definition) is 3. The number of phosphoric acid groups is 1. The van der Waals surface area contributed by atoms with Crippen LogP contribution in [-0.2, 0) is 27.9 Å². The Morgan fingerprint density at radius 1 is 0.536 bits per heavy atom. The first kappa shape index (κ1) is 55.2. The van der Waals surface area contributed by atoms with E-state index in [9.17, 15) is 19.4 Å². The summed E-state index contributed by atoms with van der Waals surface area (Å²) < 4.78 is 33.4. The number of carbonyl (C=O) groups excluding carboxylic acids is 1. The fraction of sp³-hybridized carbons (Fsp3) is 0.935. The highest BCUT2D eigenvalue weighted by Gasteiger charge is 2.26. The number of hydrogen-bond acceptors (Lipinski definition) is 8. The van der Waals surface area contributed by atoms with Crippen molar-refractivity contribution in [1.82, 2.24) is 0 Å². The fourth-order valence-electron chi connectivity index (χ4n) is 6.82. The predicted octanol–water partition coefficient (Wildman–Crippen LogP) is 13.3. The summed E-state index contributed by atoms with van der Waals surface area (Å²) in [4.78, 5) is 22.6. The van der Waals surface area contributed by atoms with E-state index in [2.05, 4.69) is 26.0 Å². The summed E-state index contributed by atoms with van der Waals surface area (Å²) in [6.07, 6.45) is 44.7. The van der Waals surface area contributed by atoms with Gasteiger partial charge in [0.2, 0.25) is 0 Å². The van der Waals surface area contributed by atoms with Gasteiger partial charge in [-0.05, 0) is 38.5 Å². The molecular weight excluding hydrogens is 727 g/mol. The van der Waals surface area contributed by atoms with E-state index in [0.717, 1.165) is 51.4 Å². The van der Waals surface area contributed by atoms with Gasteiger partial charge in [-0.15, -0.1) is 0 Å². The van der Waals surface area contributed by atoms with E-state index < -0.39 is 33.2 Å². The minimum Gasteiger partial charge on any atom is -0.457 e. The van der Waals surface area contributed by atoms with Gasteiger partial charge in [-0.3, -0.25) is 13.8 Å². The normalized spacial score (nSPS) is 14.0. The number of unbranched alkanes of at least 4 members (excludes halogenated alkanes) is 30. The maximum absolute atomic E-state index is 12.6. The number of ether oxygens (including phenoxy) is 2. The molecule has 0 aliphatic heterocycles. The molecule has 0 amide bonds. The molecule has 0 aliphatic rings. The van der Waals surface area contributed by atoms with Gasteiger partial charge in [0, 0.05) is 13.0 Å². The maximum Gasteiger partial charge on any atom is 0.472 e. The lowest BCUT2D eigenvalue weighted by atomic mass is 10.0. The van der Waals surface area contributed by atoms with Crippen molar-refractivity contribution in [3.8, 4) is 0 Å². The minimum absolute atomic E-state index is 0.0519. The van der Waals surface area contributed by atoms with Crippen LogP contribution in [0.3, 0.4) is 0 Å². The summed E-state index contributed by atoms with van der Waals surface area (Å²) in [7, 11) is -4.51. The zero-order valence-corrected chi connectivity index (χ0v) is 37.5. The third-order valence-electron chi connectivity index (χ3n) is 10.5. The van der Waals surface area contributed by atoms with Gasteiger partial charge in [0.25, 0.3) is 0 Å². The predicted molar refractivity (Wildman–Crippen MR) is 233 cm³/mol. The van der Waals surface area contributed by atoms with Crippen LogP contribution >= 0.6 is 7.82 Å². The van der Waals surface area contributed by atoms with Crippen LogP contribution in [0.4, 0.5) is 0 Å². The smallest absolute Gasteiger partial charge is 0.457 e. The summed E-state index contributed by atoms with van der Waals surface area (Å²) in [5.41, 5.74) is 0. The second-order valence-electron chi connectivity index (χ2n) is 16.1. The second-order valence-corrected chi connectivity index (χ2v) is 17.6. The van der Waals surface area contributed by atoms with Crippen molar-refractivity contribution in [2.75, 3.05) is 33.0 Å². The molecule has 3 atom stereocenters. The SMILES string of the molecule is CCCCC/C=C\CCCCCCCC(=O)OC(COCCCCCCCCCCCCCCCCCCCCCCCCC)COP(=O)(O)OCC(O)CO. The minimum atomic E-state index is -4.51. The Balaban J connectivity index is 3.99. The van der Waals surface area contributed by atoms with Crippen molar-refractivity contribution < 1.29 is 43.0 Å². The Morgan fingerprint density at radius 3 is 1.38 bits per heavy atom. The number of phosphoric ester groups is 1. The second kappa shape index (κ2) is 43.8. The van der Waals surface area contributed by atoms with Crippen molar-refractivity contribution in [2.24, 2.45) is 0 Å². The topological polar surface area (TPSA) is 132 Å². The Bertz CT molecular complexity index is 887. The molecule has 0 fully saturated rings. The third-order valence-corrected chi connectivity index (χ3v) is 11.4. The average molecular weight is 819 g/mol. The van der Waals surface area contributed by atoms with Crippen LogP contribution in [0.2, 0.25) is 0 Å². The Kier molecular flexibility index (Phi) is 43.1. The van der Waals surface area contributed by atoms with Crippen molar-refractivity contribution in [1.29, 1.82) is 0 Å². The zero-order chi connectivity index (χ0) is 41.1. The van der Waals surface area contributed by atoms with Gasteiger partial charge in [-0.2, -0.15) is 0 Å². The Labute approximate surface area is 345 Å². The highest BCUT2D eigenvalue weighted by atomic mass is 31.2. The lowest BCUT2D eigenvalue weighted by molar-refractivity contribution is -0.154. The molecule has 0 aromatic carbocycles. The molecule has 0 bridgehead atoms. The summed E-state index contributed by atoms with van der Waals surface area (Å²) >= 11 is 0. The van der Waals surface area contributed by atoms with Gasteiger partial charge < -0.3 is 24.6 Å². The summed E-state index contributed by atoms with van der Waals surface area (Å²) in [5.74, 6) is -0.388. The fourth-order valence-corrected chi connectivity index (χ4v) is 7.61. The molecule has 9 nitrogen and oxygen atoms in total. The molecule has 0 spiro atoms. The van der Waals surface area contributed by atoms with Crippen molar-refractivity contribution in [3.05, 3.63) is 12.2 Å². The molecular formula is C46H91O9P. The molecule has 334 valence electrons. The molecule has 0 heterocycles. The number of allylic oxidation sites excluding steroid dienone is 2. The average Bonchev–Trinajstić information content (AvgIpc) is 3.19. The van der Waals surface area contributed by atoms with Gasteiger partial charge >= 0.3 is 13.8 Å². The molecule has 0 radical (unpaired) electrons. The van der Waals surface area contributed by atoms with E-state index >= 15 is 0 Å². The van der Waals surface area contributed by atoms with Gasteiger partial charge in [0.15, 0.2) is 0 Å². The first-order chi connectivity index (χ1) is 27.3. The van der Waals surface area contributed by atoms with E-state index in [0.29, 0.717) is 6.61 Å². The first-order valence-electron chi connectivity index (χ1n) is 23.7. The third kappa shape index (κ3) is 42.8. The zero-order valence-electron chi connectivity index (χ0n) is 36.6. The van der Waals surface area contributed by atoms with Crippen molar-refractivity contribution in [2.45, 2.75) is 244 Å². The van der Waals surface area contributed by atoms with Gasteiger partial charge in [-0.1, -0.05) is 199 Å². The van der Waals surface area contributed by atoms with Gasteiger partial charge in [0.1, 0.15) is 12.2 Å². The highest BCUT2D eigenvalue weighted by molar-refractivity contribution is 7.47. The monoisotopic (exact) mass is 819 g/mol. The van der Waals surface area contributed by atoms with Crippen LogP contribution in [0.5, 0.6) is 0 Å². The molecule has 0 aromatic rings. The van der Waals surface area contributed by atoms with Crippen molar-refractivity contribution >= 4 is 13.8 Å². The van der Waals surface area contributed by atoms with E-state index in [-0.39, 0.29) is 25.6 Å². The van der Waals surface area contributed by atoms with Crippen molar-refractivity contribution in [3.63, 3.8) is 0 Å². The molecule has 0 aromatic heterocycles. The largest absolute Gasteiger partial charge is 0.472 e. The van der Waals surface area contributed by atoms with Crippen LogP contribution in [0.25, 0.3) is 0 Å². The highest BCUT2D eigenvalue weighted by Crippen LogP contribution is 2.43. The van der Waals surface area contributed by atoms with Gasteiger partial charge in [-0.25, -0.2) is 4.57 Å². The lowest BCUT2D eigenvalue weighted by Gasteiger charge is -2.20. The van der Waals surface area contributed by atoms with E-state index in [4.69, 9.17) is 23.6 Å². The van der Waals surface area contributed by atoms with E-state index in [1.54, 1.807) is 0 Å². The van der Waals surface area contributed by atoms with E-state index in [1.807, 2.05) is 0 Å². The number of carbonyl (C=O) groups is 1. The summed E-state index contributed by atoms with van der Waals surface area (Å²) in [5, 5.41) is 18.4. The number of aliphatic hydroxyl groups excluding tert-OH is 2. The summed E-state index contributed by atoms with van der Waals surface area (Å²) in [6.45, 7) is 3.53. The van der Waals surface area contributed by atoms with Crippen LogP contribution < -0.4 is 0 Å². The number of aliphatic hydroxyl groups is 2. The standard InChI is InChI=1S/C46H91O9P/c1-3-5-7-9-11-13-15-17-18-19-20-21-22-23-24-25-26-27-29-31-33-35-37-39-52-42-45(43-54-56(50,51)53-41-44(48)40-47)55-46(49)38-36-34-32-30-28-16-14-12-10-8-6-4-2/h12,14,44-45,47-48H,3-11,13,15-43H2,1-2H3,(H,50,51)/b14-12-. The van der Waals surface area contributed by atoms with Crippen LogP contribution in [0, 0.1) is 0 Å². The molecule has 3 unspecified atom stereocenters. The summed E-state index contributed by atoms with van der Waals surface area (Å²) in [6, 6.07) is 0. The Morgan fingerprint density at radius 2 is 0.911 bits per heavy atom. The van der Waals surface area contributed by atoms with E-state index in [1.165, 1.54) is 161 Å². The van der Waals surface area contributed by atoms with Crippen LogP contribution in [0.1, 0.15) is 232 Å². The van der Waals surface area contributed by atoms with Gasteiger partial charge in [0.05, 0.1) is 26.4 Å². The molecule has 3 N–H and O–H groups in total. The maximum atomic E-state index is 12.6. The molecule has 0 aliphatic carbocycles. The van der Waals surface area contributed by atoms with Crippen LogP contribution in [0.15, 0.2) is 12.2 Å². The number of esters is 1.